The normalized spacial score (nSPS) is 15.0. The van der Waals surface area contributed by atoms with Crippen molar-refractivity contribution in [2.45, 2.75) is 48.7 Å². The number of hydrogen-bond acceptors (Lipinski definition) is 6. The maximum atomic E-state index is 12.5. The molecule has 0 aliphatic heterocycles. The molecule has 1 aromatic heterocycles. The lowest BCUT2D eigenvalue weighted by atomic mass is 10.1. The summed E-state index contributed by atoms with van der Waals surface area (Å²) in [7, 11) is 0. The number of aromatic nitrogens is 2. The molecule has 0 saturated heterocycles. The molecule has 1 atom stereocenters. The molecule has 3 rings (SSSR count). The SMILES string of the molecule is CCC(=O)N(c1nnc(SC(C)C(=O)c2cccc(Cl)c2)s1)C1CC1. The number of anilines is 1. The molecule has 8 heteroatoms. The van der Waals surface area contributed by atoms with Crippen LogP contribution in [0, 0.1) is 0 Å². The molecule has 0 N–H and O–H groups in total. The zero-order chi connectivity index (χ0) is 18.0. The summed E-state index contributed by atoms with van der Waals surface area (Å²) in [6.07, 6.45) is 2.47. The summed E-state index contributed by atoms with van der Waals surface area (Å²) in [6, 6.07) is 7.18. The maximum absolute atomic E-state index is 12.5. The number of hydrogen-bond donors (Lipinski definition) is 0. The molecule has 0 spiro atoms. The molecule has 1 heterocycles. The first-order chi connectivity index (χ1) is 12.0. The third-order valence-corrected chi connectivity index (χ3v) is 6.18. The number of benzene rings is 1. The second-order valence-corrected chi connectivity index (χ2v) is 8.81. The summed E-state index contributed by atoms with van der Waals surface area (Å²) in [4.78, 5) is 26.4. The molecule has 1 fully saturated rings. The quantitative estimate of drug-likeness (QED) is 0.393. The van der Waals surface area contributed by atoms with E-state index >= 15 is 0 Å². The Morgan fingerprint density at radius 3 is 2.80 bits per heavy atom. The van der Waals surface area contributed by atoms with E-state index in [2.05, 4.69) is 10.2 Å². The molecule has 132 valence electrons. The van der Waals surface area contributed by atoms with Gasteiger partial charge in [-0.2, -0.15) is 0 Å². The molecular weight excluding hydrogens is 378 g/mol. The molecule has 0 bridgehead atoms. The number of amides is 1. The molecule has 2 aromatic rings. The predicted molar refractivity (Wildman–Crippen MR) is 102 cm³/mol. The van der Waals surface area contributed by atoms with Crippen molar-refractivity contribution in [1.82, 2.24) is 10.2 Å². The van der Waals surface area contributed by atoms with E-state index in [1.807, 2.05) is 13.8 Å². The predicted octanol–water partition coefficient (Wildman–Crippen LogP) is 4.46. The smallest absolute Gasteiger partial charge is 0.228 e. The lowest BCUT2D eigenvalue weighted by molar-refractivity contribution is -0.118. The highest BCUT2D eigenvalue weighted by atomic mass is 35.5. The van der Waals surface area contributed by atoms with Gasteiger partial charge in [0.2, 0.25) is 11.0 Å². The number of thioether (sulfide) groups is 1. The number of rotatable bonds is 7. The van der Waals surface area contributed by atoms with Crippen LogP contribution in [0.3, 0.4) is 0 Å². The highest BCUT2D eigenvalue weighted by Crippen LogP contribution is 2.37. The summed E-state index contributed by atoms with van der Waals surface area (Å²) >= 11 is 8.68. The fourth-order valence-corrected chi connectivity index (χ4v) is 4.74. The fourth-order valence-electron chi connectivity index (χ4n) is 2.40. The van der Waals surface area contributed by atoms with E-state index in [0.29, 0.717) is 26.5 Å². The first-order valence-electron chi connectivity index (χ1n) is 8.11. The van der Waals surface area contributed by atoms with Gasteiger partial charge in [0.25, 0.3) is 0 Å². The third-order valence-electron chi connectivity index (χ3n) is 3.84. The second-order valence-electron chi connectivity index (χ2n) is 5.83. The maximum Gasteiger partial charge on any atom is 0.228 e. The van der Waals surface area contributed by atoms with Crippen molar-refractivity contribution in [3.8, 4) is 0 Å². The minimum atomic E-state index is -0.310. The summed E-state index contributed by atoms with van der Waals surface area (Å²) < 4.78 is 0.687. The van der Waals surface area contributed by atoms with Gasteiger partial charge in [-0.05, 0) is 31.9 Å². The molecule has 25 heavy (non-hydrogen) atoms. The van der Waals surface area contributed by atoms with Crippen LogP contribution in [0.25, 0.3) is 0 Å². The van der Waals surface area contributed by atoms with E-state index in [1.165, 1.54) is 23.1 Å². The third kappa shape index (κ3) is 4.40. The van der Waals surface area contributed by atoms with Crippen molar-refractivity contribution in [3.05, 3.63) is 34.9 Å². The Morgan fingerprint density at radius 2 is 2.16 bits per heavy atom. The van der Waals surface area contributed by atoms with Crippen LogP contribution in [0.2, 0.25) is 5.02 Å². The molecular formula is C17H18ClN3O2S2. The molecule has 1 saturated carbocycles. The van der Waals surface area contributed by atoms with Crippen LogP contribution in [0.5, 0.6) is 0 Å². The minimum absolute atomic E-state index is 0.00654. The van der Waals surface area contributed by atoms with Crippen molar-refractivity contribution in [1.29, 1.82) is 0 Å². The Hall–Kier alpha value is -1.44. The molecule has 1 unspecified atom stereocenters. The standard InChI is InChI=1S/C17H18ClN3O2S2/c1-3-14(22)21(13-7-8-13)16-19-20-17(25-16)24-10(2)15(23)11-5-4-6-12(18)9-11/h4-6,9-10,13H,3,7-8H2,1-2H3. The number of carbonyl (C=O) groups is 2. The van der Waals surface area contributed by atoms with Crippen LogP contribution in [0.15, 0.2) is 28.6 Å². The van der Waals surface area contributed by atoms with Crippen LogP contribution in [-0.4, -0.2) is 33.2 Å². The van der Waals surface area contributed by atoms with E-state index in [9.17, 15) is 9.59 Å². The van der Waals surface area contributed by atoms with Crippen LogP contribution in [-0.2, 0) is 4.79 Å². The van der Waals surface area contributed by atoms with Gasteiger partial charge in [-0.15, -0.1) is 10.2 Å². The Balaban J connectivity index is 1.70. The van der Waals surface area contributed by atoms with E-state index < -0.39 is 0 Å². The Bertz CT molecular complexity index is 792. The van der Waals surface area contributed by atoms with E-state index in [0.717, 1.165) is 12.8 Å². The van der Waals surface area contributed by atoms with E-state index in [-0.39, 0.29) is 23.0 Å². The van der Waals surface area contributed by atoms with E-state index in [4.69, 9.17) is 11.6 Å². The first-order valence-corrected chi connectivity index (χ1v) is 10.2. The molecule has 1 aliphatic rings. The van der Waals surface area contributed by atoms with Crippen LogP contribution in [0.4, 0.5) is 5.13 Å². The number of nitrogens with zero attached hydrogens (tertiary/aromatic N) is 3. The van der Waals surface area contributed by atoms with Gasteiger partial charge in [-0.25, -0.2) is 0 Å². The monoisotopic (exact) mass is 395 g/mol. The van der Waals surface area contributed by atoms with Crippen molar-refractivity contribution in [3.63, 3.8) is 0 Å². The first kappa shape index (κ1) is 18.4. The van der Waals surface area contributed by atoms with Crippen LogP contribution in [0.1, 0.15) is 43.5 Å². The number of ketones is 1. The van der Waals surface area contributed by atoms with Crippen LogP contribution >= 0.6 is 34.7 Å². The highest BCUT2D eigenvalue weighted by molar-refractivity contribution is 8.02. The number of Topliss-reactive ketones (excluding diaryl/α,β-unsaturated/α-hetero) is 1. The largest absolute Gasteiger partial charge is 0.293 e. The second kappa shape index (κ2) is 7.85. The topological polar surface area (TPSA) is 63.2 Å². The van der Waals surface area contributed by atoms with Gasteiger partial charge in [0.1, 0.15) is 0 Å². The average molecular weight is 396 g/mol. The van der Waals surface area contributed by atoms with Crippen LogP contribution < -0.4 is 4.90 Å². The van der Waals surface area contributed by atoms with E-state index in [1.54, 1.807) is 29.2 Å². The van der Waals surface area contributed by atoms with Gasteiger partial charge in [0.05, 0.1) is 5.25 Å². The summed E-state index contributed by atoms with van der Waals surface area (Å²) in [6.45, 7) is 3.69. The zero-order valence-corrected chi connectivity index (χ0v) is 16.3. The molecule has 1 aromatic carbocycles. The molecule has 1 amide bonds. The van der Waals surface area contributed by atoms with Crippen molar-refractivity contribution >= 4 is 51.5 Å². The van der Waals surface area contributed by atoms with Gasteiger partial charge in [-0.1, -0.05) is 53.8 Å². The van der Waals surface area contributed by atoms with Gasteiger partial charge in [-0.3, -0.25) is 14.5 Å². The summed E-state index contributed by atoms with van der Waals surface area (Å²) in [5.74, 6) is 0.0613. The highest BCUT2D eigenvalue weighted by Gasteiger charge is 2.35. The Labute approximate surface area is 159 Å². The number of halogens is 1. The van der Waals surface area contributed by atoms with Gasteiger partial charge in [0.15, 0.2) is 10.1 Å². The van der Waals surface area contributed by atoms with Crippen molar-refractivity contribution in [2.24, 2.45) is 0 Å². The molecule has 5 nitrogen and oxygen atoms in total. The summed E-state index contributed by atoms with van der Waals surface area (Å²) in [5, 5.41) is 9.18. The van der Waals surface area contributed by atoms with Gasteiger partial charge < -0.3 is 0 Å². The molecule has 0 radical (unpaired) electrons. The van der Waals surface area contributed by atoms with Crippen molar-refractivity contribution in [2.75, 3.05) is 4.90 Å². The lowest BCUT2D eigenvalue weighted by Gasteiger charge is -2.17. The average Bonchev–Trinajstić information content (AvgIpc) is 3.33. The fraction of sp³-hybridized carbons (Fsp3) is 0.412. The lowest BCUT2D eigenvalue weighted by Crippen LogP contribution is -2.32. The van der Waals surface area contributed by atoms with Gasteiger partial charge in [0, 0.05) is 23.0 Å². The van der Waals surface area contributed by atoms with Crippen molar-refractivity contribution < 1.29 is 9.59 Å². The Kier molecular flexibility index (Phi) is 5.76. The zero-order valence-electron chi connectivity index (χ0n) is 13.9. The number of carbonyl (C=O) groups excluding carboxylic acids is 2. The van der Waals surface area contributed by atoms with Gasteiger partial charge >= 0.3 is 0 Å². The molecule has 1 aliphatic carbocycles. The minimum Gasteiger partial charge on any atom is -0.293 e. The summed E-state index contributed by atoms with van der Waals surface area (Å²) in [5.41, 5.74) is 0.581. The Morgan fingerprint density at radius 1 is 1.40 bits per heavy atom.